The van der Waals surface area contributed by atoms with Crippen LogP contribution in [0.3, 0.4) is 0 Å². The molecule has 2 aromatic rings. The van der Waals surface area contributed by atoms with Gasteiger partial charge in [0.1, 0.15) is 16.5 Å². The molecule has 2 aromatic carbocycles. The van der Waals surface area contributed by atoms with Crippen LogP contribution in [0.25, 0.3) is 0 Å². The zero-order chi connectivity index (χ0) is 13.9. The van der Waals surface area contributed by atoms with E-state index in [9.17, 15) is 12.8 Å². The van der Waals surface area contributed by atoms with Crippen LogP contribution in [0.15, 0.2) is 53.4 Å². The van der Waals surface area contributed by atoms with E-state index in [0.717, 1.165) is 12.1 Å². The Kier molecular flexibility index (Phi) is 3.71. The average molecular weight is 281 g/mol. The van der Waals surface area contributed by atoms with E-state index in [2.05, 4.69) is 4.72 Å². The van der Waals surface area contributed by atoms with Crippen LogP contribution in [0.2, 0.25) is 0 Å². The van der Waals surface area contributed by atoms with Gasteiger partial charge in [-0.25, -0.2) is 12.8 Å². The van der Waals surface area contributed by atoms with Crippen molar-refractivity contribution in [2.24, 2.45) is 0 Å². The van der Waals surface area contributed by atoms with Crippen molar-refractivity contribution in [3.05, 3.63) is 54.3 Å². The quantitative estimate of drug-likeness (QED) is 0.937. The molecule has 0 spiro atoms. The van der Waals surface area contributed by atoms with Gasteiger partial charge in [0.25, 0.3) is 10.0 Å². The summed E-state index contributed by atoms with van der Waals surface area (Å²) in [6, 6.07) is 11.7. The number of hydrogen-bond donors (Lipinski definition) is 1. The molecule has 2 rings (SSSR count). The van der Waals surface area contributed by atoms with E-state index in [1.165, 1.54) is 13.2 Å². The number of para-hydroxylation sites is 1. The Hall–Kier alpha value is -2.08. The first-order chi connectivity index (χ1) is 9.03. The average Bonchev–Trinajstić information content (AvgIpc) is 2.39. The highest BCUT2D eigenvalue weighted by Gasteiger charge is 2.20. The van der Waals surface area contributed by atoms with Gasteiger partial charge in [-0.1, -0.05) is 18.2 Å². The van der Waals surface area contributed by atoms with Crippen LogP contribution in [0.4, 0.5) is 10.1 Å². The Morgan fingerprint density at radius 2 is 1.79 bits per heavy atom. The predicted octanol–water partition coefficient (Wildman–Crippen LogP) is 2.64. The molecule has 0 saturated carbocycles. The summed E-state index contributed by atoms with van der Waals surface area (Å²) in [4.78, 5) is -0.237. The van der Waals surface area contributed by atoms with Gasteiger partial charge in [-0.15, -0.1) is 0 Å². The molecule has 0 radical (unpaired) electrons. The molecule has 0 aromatic heterocycles. The molecule has 0 bridgehead atoms. The molecule has 0 amide bonds. The van der Waals surface area contributed by atoms with Gasteiger partial charge >= 0.3 is 0 Å². The van der Waals surface area contributed by atoms with E-state index in [4.69, 9.17) is 4.74 Å². The number of hydrogen-bond acceptors (Lipinski definition) is 3. The summed E-state index contributed by atoms with van der Waals surface area (Å²) in [5.74, 6) is -0.556. The fourth-order valence-electron chi connectivity index (χ4n) is 1.58. The van der Waals surface area contributed by atoms with Crippen LogP contribution >= 0.6 is 0 Å². The Bertz CT molecular complexity index is 672. The molecule has 100 valence electrons. The minimum Gasteiger partial charge on any atom is -0.495 e. The fraction of sp³-hybridized carbons (Fsp3) is 0.0769. The maximum absolute atomic E-state index is 13.2. The zero-order valence-corrected chi connectivity index (χ0v) is 10.9. The van der Waals surface area contributed by atoms with Crippen molar-refractivity contribution in [3.63, 3.8) is 0 Å². The molecule has 1 N–H and O–H groups in total. The number of nitrogens with one attached hydrogen (secondary N) is 1. The molecular weight excluding hydrogens is 269 g/mol. The lowest BCUT2D eigenvalue weighted by atomic mass is 10.3. The largest absolute Gasteiger partial charge is 0.495 e. The molecule has 0 heterocycles. The molecule has 0 atom stereocenters. The Labute approximate surface area is 110 Å². The van der Waals surface area contributed by atoms with Crippen molar-refractivity contribution < 1.29 is 17.5 Å². The minimum atomic E-state index is -3.89. The predicted molar refractivity (Wildman–Crippen MR) is 70.2 cm³/mol. The zero-order valence-electron chi connectivity index (χ0n) is 10.1. The maximum Gasteiger partial charge on any atom is 0.265 e. The lowest BCUT2D eigenvalue weighted by Gasteiger charge is -2.11. The Balaban J connectivity index is 2.42. The van der Waals surface area contributed by atoms with Crippen molar-refractivity contribution in [1.82, 2.24) is 0 Å². The molecule has 4 nitrogen and oxygen atoms in total. The number of halogens is 1. The van der Waals surface area contributed by atoms with Crippen LogP contribution in [0, 0.1) is 5.82 Å². The third-order valence-corrected chi connectivity index (χ3v) is 3.84. The van der Waals surface area contributed by atoms with Crippen LogP contribution in [-0.4, -0.2) is 15.5 Å². The summed E-state index contributed by atoms with van der Waals surface area (Å²) in [5, 5.41) is 0. The second-order valence-electron chi connectivity index (χ2n) is 3.77. The SMILES string of the molecule is COc1ccc(F)cc1S(=O)(=O)Nc1ccccc1. The van der Waals surface area contributed by atoms with Gasteiger partial charge in [-0.3, -0.25) is 4.72 Å². The van der Waals surface area contributed by atoms with E-state index < -0.39 is 15.8 Å². The van der Waals surface area contributed by atoms with E-state index in [-0.39, 0.29) is 10.6 Å². The first-order valence-corrected chi connectivity index (χ1v) is 6.92. The van der Waals surface area contributed by atoms with Gasteiger partial charge in [0.2, 0.25) is 0 Å². The monoisotopic (exact) mass is 281 g/mol. The van der Waals surface area contributed by atoms with Gasteiger partial charge in [-0.05, 0) is 30.3 Å². The van der Waals surface area contributed by atoms with E-state index >= 15 is 0 Å². The number of benzene rings is 2. The van der Waals surface area contributed by atoms with Crippen LogP contribution < -0.4 is 9.46 Å². The molecule has 0 unspecified atom stereocenters. The number of methoxy groups -OCH3 is 1. The van der Waals surface area contributed by atoms with Crippen LogP contribution in [0.5, 0.6) is 5.75 Å². The second-order valence-corrected chi connectivity index (χ2v) is 5.42. The maximum atomic E-state index is 13.2. The van der Waals surface area contributed by atoms with Crippen LogP contribution in [-0.2, 0) is 10.0 Å². The third kappa shape index (κ3) is 3.03. The highest BCUT2D eigenvalue weighted by Crippen LogP contribution is 2.26. The molecule has 19 heavy (non-hydrogen) atoms. The van der Waals surface area contributed by atoms with Gasteiger partial charge in [0, 0.05) is 5.69 Å². The van der Waals surface area contributed by atoms with Crippen molar-refractivity contribution >= 4 is 15.7 Å². The third-order valence-electron chi connectivity index (χ3n) is 2.44. The molecule has 0 saturated heterocycles. The van der Waals surface area contributed by atoms with E-state index in [0.29, 0.717) is 5.69 Å². The number of ether oxygens (including phenoxy) is 1. The lowest BCUT2D eigenvalue weighted by molar-refractivity contribution is 0.401. The van der Waals surface area contributed by atoms with Crippen molar-refractivity contribution in [2.75, 3.05) is 11.8 Å². The first-order valence-electron chi connectivity index (χ1n) is 5.44. The number of sulfonamides is 1. The minimum absolute atomic E-state index is 0.0878. The molecule has 0 aliphatic rings. The Morgan fingerprint density at radius 1 is 1.11 bits per heavy atom. The topological polar surface area (TPSA) is 55.4 Å². The van der Waals surface area contributed by atoms with E-state index in [1.807, 2.05) is 0 Å². The molecular formula is C13H12FNO3S. The smallest absolute Gasteiger partial charge is 0.265 e. The normalized spacial score (nSPS) is 11.1. The highest BCUT2D eigenvalue weighted by atomic mass is 32.2. The summed E-state index contributed by atoms with van der Waals surface area (Å²) >= 11 is 0. The molecule has 6 heteroatoms. The summed E-state index contributed by atoms with van der Waals surface area (Å²) < 4.78 is 44.9. The van der Waals surface area contributed by atoms with Gasteiger partial charge < -0.3 is 4.74 Å². The van der Waals surface area contributed by atoms with Crippen molar-refractivity contribution in [3.8, 4) is 5.75 Å². The van der Waals surface area contributed by atoms with E-state index in [1.54, 1.807) is 30.3 Å². The number of rotatable bonds is 4. The fourth-order valence-corrected chi connectivity index (χ4v) is 2.82. The van der Waals surface area contributed by atoms with Crippen molar-refractivity contribution in [2.45, 2.75) is 4.90 Å². The highest BCUT2D eigenvalue weighted by molar-refractivity contribution is 7.92. The first kappa shape index (κ1) is 13.4. The van der Waals surface area contributed by atoms with Crippen molar-refractivity contribution in [1.29, 1.82) is 0 Å². The summed E-state index contributed by atoms with van der Waals surface area (Å²) in [6.07, 6.45) is 0. The summed E-state index contributed by atoms with van der Waals surface area (Å²) in [6.45, 7) is 0. The lowest BCUT2D eigenvalue weighted by Crippen LogP contribution is -2.14. The van der Waals surface area contributed by atoms with Crippen LogP contribution in [0.1, 0.15) is 0 Å². The summed E-state index contributed by atoms with van der Waals surface area (Å²) in [7, 11) is -2.57. The van der Waals surface area contributed by atoms with Gasteiger partial charge in [0.05, 0.1) is 7.11 Å². The Morgan fingerprint density at radius 3 is 2.42 bits per heavy atom. The molecule has 0 aliphatic carbocycles. The second kappa shape index (κ2) is 5.27. The summed E-state index contributed by atoms with van der Waals surface area (Å²) in [5.41, 5.74) is 0.397. The standard InChI is InChI=1S/C13H12FNO3S/c1-18-12-8-7-10(14)9-13(12)19(16,17)15-11-5-3-2-4-6-11/h2-9,15H,1H3. The number of anilines is 1. The van der Waals surface area contributed by atoms with Gasteiger partial charge in [0.15, 0.2) is 0 Å². The van der Waals surface area contributed by atoms with Gasteiger partial charge in [-0.2, -0.15) is 0 Å². The molecule has 0 aliphatic heterocycles. The molecule has 0 fully saturated rings.